The predicted octanol–water partition coefficient (Wildman–Crippen LogP) is 2.03. The number of aryl methyl sites for hydroxylation is 2. The number of likely N-dealkylation sites (tertiary alicyclic amines) is 1. The highest BCUT2D eigenvalue weighted by molar-refractivity contribution is 5.94. The molecule has 2 saturated heterocycles. The lowest BCUT2D eigenvalue weighted by molar-refractivity contribution is -0.154. The summed E-state index contributed by atoms with van der Waals surface area (Å²) in [4.78, 5) is 28.6. The summed E-state index contributed by atoms with van der Waals surface area (Å²) < 4.78 is 5.72. The number of benzene rings is 1. The summed E-state index contributed by atoms with van der Waals surface area (Å²) in [6.07, 6.45) is 6.30. The molecule has 2 fully saturated rings. The van der Waals surface area contributed by atoms with Crippen molar-refractivity contribution in [2.75, 3.05) is 26.7 Å². The molecule has 5 heteroatoms. The van der Waals surface area contributed by atoms with E-state index in [1.165, 1.54) is 24.0 Å². The molecule has 1 aromatic rings. The number of fused-ring (bicyclic) bond motifs is 2. The number of morpholine rings is 1. The van der Waals surface area contributed by atoms with E-state index in [9.17, 15) is 9.59 Å². The third-order valence-corrected chi connectivity index (χ3v) is 6.00. The van der Waals surface area contributed by atoms with Gasteiger partial charge >= 0.3 is 0 Å². The molecule has 3 aliphatic rings. The maximum Gasteiger partial charge on any atom is 0.253 e. The molecular formula is C20H26N2O3. The molecule has 0 unspecified atom stereocenters. The van der Waals surface area contributed by atoms with Gasteiger partial charge in [-0.15, -0.1) is 0 Å². The molecule has 2 heterocycles. The third-order valence-electron chi connectivity index (χ3n) is 6.00. The molecule has 25 heavy (non-hydrogen) atoms. The summed E-state index contributed by atoms with van der Waals surface area (Å²) in [5, 5.41) is 0. The van der Waals surface area contributed by atoms with Gasteiger partial charge in [0.15, 0.2) is 0 Å². The Labute approximate surface area is 148 Å². The van der Waals surface area contributed by atoms with Crippen molar-refractivity contribution in [2.45, 2.75) is 50.7 Å². The number of hydrogen-bond donors (Lipinski definition) is 0. The van der Waals surface area contributed by atoms with Gasteiger partial charge in [0.25, 0.3) is 5.91 Å². The Balaban J connectivity index is 1.48. The van der Waals surface area contributed by atoms with Crippen molar-refractivity contribution in [3.8, 4) is 0 Å². The molecule has 0 radical (unpaired) electrons. The molecule has 0 bridgehead atoms. The highest BCUT2D eigenvalue weighted by Gasteiger charge is 2.37. The molecule has 2 aliphatic heterocycles. The summed E-state index contributed by atoms with van der Waals surface area (Å²) in [7, 11) is 1.85. The minimum atomic E-state index is 0.0377. The van der Waals surface area contributed by atoms with Gasteiger partial charge in [0.1, 0.15) is 6.61 Å². The molecule has 0 spiro atoms. The fourth-order valence-corrected chi connectivity index (χ4v) is 4.42. The fraction of sp³-hybridized carbons (Fsp3) is 0.600. The smallest absolute Gasteiger partial charge is 0.253 e. The van der Waals surface area contributed by atoms with E-state index in [1.54, 1.807) is 4.90 Å². The van der Waals surface area contributed by atoms with Gasteiger partial charge in [-0.2, -0.15) is 0 Å². The van der Waals surface area contributed by atoms with Crippen LogP contribution >= 0.6 is 0 Å². The van der Waals surface area contributed by atoms with Crippen LogP contribution in [0, 0.1) is 0 Å². The van der Waals surface area contributed by atoms with Crippen LogP contribution in [0.15, 0.2) is 18.2 Å². The maximum absolute atomic E-state index is 13.0. The van der Waals surface area contributed by atoms with Gasteiger partial charge in [-0.25, -0.2) is 0 Å². The van der Waals surface area contributed by atoms with Crippen LogP contribution in [-0.4, -0.2) is 60.5 Å². The SMILES string of the molecule is CN1C(=O)CO[C@H]2CCN(C(=O)c3ccc4c(c3)CCCC4)CC[C@@H]21. The summed E-state index contributed by atoms with van der Waals surface area (Å²) in [6.45, 7) is 1.54. The number of amides is 2. The fourth-order valence-electron chi connectivity index (χ4n) is 4.42. The van der Waals surface area contributed by atoms with Crippen LogP contribution < -0.4 is 0 Å². The minimum absolute atomic E-state index is 0.0377. The second kappa shape index (κ2) is 6.79. The van der Waals surface area contributed by atoms with Crippen LogP contribution in [0.5, 0.6) is 0 Å². The lowest BCUT2D eigenvalue weighted by Crippen LogP contribution is -2.52. The van der Waals surface area contributed by atoms with E-state index >= 15 is 0 Å². The Morgan fingerprint density at radius 1 is 1.12 bits per heavy atom. The van der Waals surface area contributed by atoms with E-state index in [0.717, 1.165) is 31.2 Å². The van der Waals surface area contributed by atoms with Gasteiger partial charge in [-0.3, -0.25) is 9.59 Å². The van der Waals surface area contributed by atoms with Crippen LogP contribution in [0.25, 0.3) is 0 Å². The Morgan fingerprint density at radius 3 is 2.72 bits per heavy atom. The van der Waals surface area contributed by atoms with Crippen LogP contribution in [-0.2, 0) is 22.4 Å². The van der Waals surface area contributed by atoms with Crippen LogP contribution in [0.2, 0.25) is 0 Å². The first kappa shape index (κ1) is 16.6. The minimum Gasteiger partial charge on any atom is -0.366 e. The first-order chi connectivity index (χ1) is 12.1. The lowest BCUT2D eigenvalue weighted by atomic mass is 9.90. The van der Waals surface area contributed by atoms with E-state index < -0.39 is 0 Å². The summed E-state index contributed by atoms with van der Waals surface area (Å²) in [6, 6.07) is 6.30. The predicted molar refractivity (Wildman–Crippen MR) is 94.5 cm³/mol. The number of carbonyl (C=O) groups is 2. The Kier molecular flexibility index (Phi) is 4.50. The highest BCUT2D eigenvalue weighted by atomic mass is 16.5. The van der Waals surface area contributed by atoms with Crippen molar-refractivity contribution in [1.82, 2.24) is 9.80 Å². The van der Waals surface area contributed by atoms with Crippen LogP contribution in [0.3, 0.4) is 0 Å². The Bertz CT molecular complexity index is 688. The van der Waals surface area contributed by atoms with Gasteiger partial charge < -0.3 is 14.5 Å². The van der Waals surface area contributed by atoms with Gasteiger partial charge in [0.05, 0.1) is 12.1 Å². The Morgan fingerprint density at radius 2 is 1.88 bits per heavy atom. The lowest BCUT2D eigenvalue weighted by Gasteiger charge is -2.37. The Hall–Kier alpha value is -1.88. The van der Waals surface area contributed by atoms with E-state index in [-0.39, 0.29) is 30.6 Å². The molecule has 0 saturated carbocycles. The molecule has 2 atom stereocenters. The van der Waals surface area contributed by atoms with Crippen molar-refractivity contribution >= 4 is 11.8 Å². The molecule has 1 aromatic carbocycles. The number of ether oxygens (including phenoxy) is 1. The molecule has 2 amide bonds. The zero-order chi connectivity index (χ0) is 17.4. The van der Waals surface area contributed by atoms with Gasteiger partial charge in [0.2, 0.25) is 5.91 Å². The zero-order valence-corrected chi connectivity index (χ0v) is 14.9. The number of likely N-dealkylation sites (N-methyl/N-ethyl adjacent to an activating group) is 1. The topological polar surface area (TPSA) is 49.9 Å². The van der Waals surface area contributed by atoms with Crippen LogP contribution in [0.4, 0.5) is 0 Å². The zero-order valence-electron chi connectivity index (χ0n) is 14.9. The van der Waals surface area contributed by atoms with Crippen molar-refractivity contribution in [1.29, 1.82) is 0 Å². The molecule has 134 valence electrons. The van der Waals surface area contributed by atoms with E-state index in [2.05, 4.69) is 12.1 Å². The van der Waals surface area contributed by atoms with Crippen LogP contribution in [0.1, 0.15) is 47.2 Å². The van der Waals surface area contributed by atoms with Crippen molar-refractivity contribution in [3.63, 3.8) is 0 Å². The molecule has 1 aliphatic carbocycles. The summed E-state index contributed by atoms with van der Waals surface area (Å²) in [5.74, 6) is 0.150. The van der Waals surface area contributed by atoms with Crippen molar-refractivity contribution in [3.05, 3.63) is 34.9 Å². The number of hydrogen-bond acceptors (Lipinski definition) is 3. The van der Waals surface area contributed by atoms with Gasteiger partial charge in [-0.05, 0) is 61.8 Å². The first-order valence-electron chi connectivity index (χ1n) is 9.42. The summed E-state index contributed by atoms with van der Waals surface area (Å²) >= 11 is 0. The maximum atomic E-state index is 13.0. The van der Waals surface area contributed by atoms with E-state index in [1.807, 2.05) is 18.0 Å². The van der Waals surface area contributed by atoms with Crippen molar-refractivity contribution < 1.29 is 14.3 Å². The van der Waals surface area contributed by atoms with Crippen molar-refractivity contribution in [2.24, 2.45) is 0 Å². The first-order valence-corrected chi connectivity index (χ1v) is 9.42. The molecule has 0 N–H and O–H groups in total. The average molecular weight is 342 g/mol. The van der Waals surface area contributed by atoms with E-state index in [0.29, 0.717) is 13.1 Å². The second-order valence-corrected chi connectivity index (χ2v) is 7.48. The molecule has 0 aromatic heterocycles. The van der Waals surface area contributed by atoms with E-state index in [4.69, 9.17) is 4.74 Å². The number of carbonyl (C=O) groups excluding carboxylic acids is 2. The average Bonchev–Trinajstić information content (AvgIpc) is 2.87. The number of rotatable bonds is 1. The summed E-state index contributed by atoms with van der Waals surface area (Å²) in [5.41, 5.74) is 3.54. The third kappa shape index (κ3) is 3.17. The molecule has 4 rings (SSSR count). The molecule has 5 nitrogen and oxygen atoms in total. The second-order valence-electron chi connectivity index (χ2n) is 7.48. The normalized spacial score (nSPS) is 26.7. The quantitative estimate of drug-likeness (QED) is 0.785. The highest BCUT2D eigenvalue weighted by Crippen LogP contribution is 2.26. The standard InChI is InChI=1S/C20H26N2O3/c1-21-17-8-10-22(11-9-18(17)25-13-19(21)23)20(24)16-7-6-14-4-2-3-5-15(14)12-16/h6-7,12,17-18H,2-5,8-11,13H2,1H3/t17-,18-/m0/s1. The van der Waals surface area contributed by atoms with Gasteiger partial charge in [0, 0.05) is 25.7 Å². The molecular weight excluding hydrogens is 316 g/mol. The monoisotopic (exact) mass is 342 g/mol. The number of nitrogens with zero attached hydrogens (tertiary/aromatic N) is 2. The van der Waals surface area contributed by atoms with Gasteiger partial charge in [-0.1, -0.05) is 6.07 Å². The largest absolute Gasteiger partial charge is 0.366 e.